The first kappa shape index (κ1) is 15.5. The summed E-state index contributed by atoms with van der Waals surface area (Å²) in [6.45, 7) is 2.63. The minimum Gasteiger partial charge on any atom is -0.480 e. The van der Waals surface area contributed by atoms with Gasteiger partial charge in [-0.1, -0.05) is 0 Å². The molecule has 3 rings (SSSR count). The molecule has 2 aliphatic heterocycles. The highest BCUT2D eigenvalue weighted by Crippen LogP contribution is 2.30. The summed E-state index contributed by atoms with van der Waals surface area (Å²) in [5.41, 5.74) is 2.32. The molecule has 1 aromatic rings. The Morgan fingerprint density at radius 1 is 1.17 bits per heavy atom. The zero-order valence-corrected chi connectivity index (χ0v) is 13.1. The number of anilines is 1. The lowest BCUT2D eigenvalue weighted by Crippen LogP contribution is -2.48. The average molecular weight is 316 g/mol. The summed E-state index contributed by atoms with van der Waals surface area (Å²) in [6.07, 6.45) is 2.89. The second kappa shape index (κ2) is 6.02. The summed E-state index contributed by atoms with van der Waals surface area (Å²) >= 11 is 0. The Bertz CT molecular complexity index is 671. The van der Waals surface area contributed by atoms with Crippen molar-refractivity contribution >= 4 is 23.5 Å². The van der Waals surface area contributed by atoms with Gasteiger partial charge < -0.3 is 14.9 Å². The number of nitrogens with zero attached hydrogens (tertiary/aromatic N) is 2. The van der Waals surface area contributed by atoms with Crippen molar-refractivity contribution in [1.29, 1.82) is 0 Å². The van der Waals surface area contributed by atoms with Crippen molar-refractivity contribution in [2.45, 2.75) is 38.6 Å². The fourth-order valence-electron chi connectivity index (χ4n) is 3.46. The number of fused-ring (bicyclic) bond motifs is 1. The number of carbonyl (C=O) groups excluding carboxylic acids is 2. The van der Waals surface area contributed by atoms with Crippen LogP contribution in [0.3, 0.4) is 0 Å². The molecule has 0 saturated carbocycles. The van der Waals surface area contributed by atoms with Gasteiger partial charge in [-0.25, -0.2) is 4.79 Å². The Morgan fingerprint density at radius 2 is 1.96 bits per heavy atom. The van der Waals surface area contributed by atoms with Gasteiger partial charge in [-0.2, -0.15) is 0 Å². The predicted molar refractivity (Wildman–Crippen MR) is 84.5 cm³/mol. The fraction of sp³-hybridized carbons (Fsp3) is 0.471. The molecular weight excluding hydrogens is 296 g/mol. The van der Waals surface area contributed by atoms with Gasteiger partial charge in [0, 0.05) is 31.3 Å². The van der Waals surface area contributed by atoms with Crippen LogP contribution in [0.5, 0.6) is 0 Å². The van der Waals surface area contributed by atoms with Gasteiger partial charge in [0.25, 0.3) is 5.91 Å². The summed E-state index contributed by atoms with van der Waals surface area (Å²) in [6, 6.07) is 4.54. The monoisotopic (exact) mass is 316 g/mol. The van der Waals surface area contributed by atoms with Crippen molar-refractivity contribution in [1.82, 2.24) is 4.90 Å². The number of rotatable bonds is 2. The molecule has 0 bridgehead atoms. The molecule has 6 nitrogen and oxygen atoms in total. The van der Waals surface area contributed by atoms with Gasteiger partial charge in [0.2, 0.25) is 5.91 Å². The van der Waals surface area contributed by atoms with Crippen LogP contribution in [0.4, 0.5) is 5.69 Å². The van der Waals surface area contributed by atoms with E-state index in [0.29, 0.717) is 25.1 Å². The number of benzene rings is 1. The van der Waals surface area contributed by atoms with E-state index in [-0.39, 0.29) is 11.8 Å². The molecule has 1 atom stereocenters. The van der Waals surface area contributed by atoms with Crippen LogP contribution in [-0.2, 0) is 16.0 Å². The van der Waals surface area contributed by atoms with E-state index in [2.05, 4.69) is 0 Å². The van der Waals surface area contributed by atoms with E-state index in [4.69, 9.17) is 0 Å². The topological polar surface area (TPSA) is 77.9 Å². The largest absolute Gasteiger partial charge is 0.480 e. The maximum absolute atomic E-state index is 12.7. The van der Waals surface area contributed by atoms with E-state index in [1.54, 1.807) is 23.1 Å². The molecule has 0 aliphatic carbocycles. The molecule has 122 valence electrons. The van der Waals surface area contributed by atoms with Gasteiger partial charge in [-0.05, 0) is 49.4 Å². The Labute approximate surface area is 134 Å². The minimum absolute atomic E-state index is 0.00945. The first-order valence-corrected chi connectivity index (χ1v) is 7.94. The number of aliphatic carboxylic acids is 1. The Hall–Kier alpha value is -2.37. The molecule has 2 aliphatic rings. The normalized spacial score (nSPS) is 20.3. The third kappa shape index (κ3) is 2.81. The molecule has 0 radical (unpaired) electrons. The highest BCUT2D eigenvalue weighted by Gasteiger charge is 2.33. The number of piperidine rings is 1. The molecule has 0 spiro atoms. The molecule has 1 unspecified atom stereocenters. The summed E-state index contributed by atoms with van der Waals surface area (Å²) in [7, 11) is 0. The van der Waals surface area contributed by atoms with Crippen molar-refractivity contribution < 1.29 is 19.5 Å². The van der Waals surface area contributed by atoms with Crippen LogP contribution >= 0.6 is 0 Å². The summed E-state index contributed by atoms with van der Waals surface area (Å²) in [4.78, 5) is 38.8. The van der Waals surface area contributed by atoms with E-state index in [1.807, 2.05) is 0 Å². The van der Waals surface area contributed by atoms with Crippen LogP contribution in [0.15, 0.2) is 18.2 Å². The van der Waals surface area contributed by atoms with Gasteiger partial charge in [0.15, 0.2) is 0 Å². The molecule has 1 N–H and O–H groups in total. The first-order valence-electron chi connectivity index (χ1n) is 7.94. The SMILES string of the molecule is CC(=O)N1CCc2cc(C(=O)N3CCCCC3C(=O)O)ccc21. The second-order valence-corrected chi connectivity index (χ2v) is 6.11. The molecule has 23 heavy (non-hydrogen) atoms. The Morgan fingerprint density at radius 3 is 2.65 bits per heavy atom. The Kier molecular flexibility index (Phi) is 4.07. The number of amides is 2. The van der Waals surface area contributed by atoms with Crippen molar-refractivity contribution in [2.24, 2.45) is 0 Å². The van der Waals surface area contributed by atoms with Crippen LogP contribution in [0.25, 0.3) is 0 Å². The van der Waals surface area contributed by atoms with Crippen molar-refractivity contribution in [3.05, 3.63) is 29.3 Å². The van der Waals surface area contributed by atoms with Crippen LogP contribution < -0.4 is 4.90 Å². The maximum atomic E-state index is 12.7. The van der Waals surface area contributed by atoms with Crippen LogP contribution in [0, 0.1) is 0 Å². The number of likely N-dealkylation sites (tertiary alicyclic amines) is 1. The molecular formula is C17H20N2O4. The minimum atomic E-state index is -0.943. The highest BCUT2D eigenvalue weighted by molar-refractivity contribution is 5.99. The third-order valence-corrected chi connectivity index (χ3v) is 4.65. The van der Waals surface area contributed by atoms with Gasteiger partial charge >= 0.3 is 5.97 Å². The second-order valence-electron chi connectivity index (χ2n) is 6.11. The summed E-state index contributed by atoms with van der Waals surface area (Å²) in [5, 5.41) is 9.32. The molecule has 1 saturated heterocycles. The average Bonchev–Trinajstić information content (AvgIpc) is 2.97. The zero-order valence-electron chi connectivity index (χ0n) is 13.1. The van der Waals surface area contributed by atoms with E-state index in [0.717, 1.165) is 30.5 Å². The number of carboxylic acid groups (broad SMARTS) is 1. The molecule has 6 heteroatoms. The predicted octanol–water partition coefficient (Wildman–Crippen LogP) is 1.67. The lowest BCUT2D eigenvalue weighted by Gasteiger charge is -2.33. The third-order valence-electron chi connectivity index (χ3n) is 4.65. The van der Waals surface area contributed by atoms with E-state index in [9.17, 15) is 19.5 Å². The standard InChI is InChI=1S/C17H20N2O4/c1-11(20)18-9-7-12-10-13(5-6-14(12)18)16(21)19-8-3-2-4-15(19)17(22)23/h5-6,10,15H,2-4,7-9H2,1H3,(H,22,23). The zero-order chi connectivity index (χ0) is 16.6. The molecule has 1 fully saturated rings. The maximum Gasteiger partial charge on any atom is 0.326 e. The lowest BCUT2D eigenvalue weighted by molar-refractivity contribution is -0.143. The van der Waals surface area contributed by atoms with Crippen molar-refractivity contribution in [2.75, 3.05) is 18.0 Å². The van der Waals surface area contributed by atoms with Crippen LogP contribution in [-0.4, -0.2) is 46.9 Å². The Balaban J connectivity index is 1.86. The van der Waals surface area contributed by atoms with Gasteiger partial charge in [0.1, 0.15) is 6.04 Å². The van der Waals surface area contributed by atoms with Gasteiger partial charge in [-0.3, -0.25) is 9.59 Å². The van der Waals surface area contributed by atoms with Crippen LogP contribution in [0.2, 0.25) is 0 Å². The molecule has 1 aromatic carbocycles. The quantitative estimate of drug-likeness (QED) is 0.900. The first-order chi connectivity index (χ1) is 11.0. The van der Waals surface area contributed by atoms with Crippen molar-refractivity contribution in [3.8, 4) is 0 Å². The fourth-order valence-corrected chi connectivity index (χ4v) is 3.46. The molecule has 0 aromatic heterocycles. The van der Waals surface area contributed by atoms with E-state index < -0.39 is 12.0 Å². The van der Waals surface area contributed by atoms with Crippen LogP contribution in [0.1, 0.15) is 42.1 Å². The lowest BCUT2D eigenvalue weighted by atomic mass is 10.00. The number of hydrogen-bond acceptors (Lipinski definition) is 3. The van der Waals surface area contributed by atoms with Crippen molar-refractivity contribution in [3.63, 3.8) is 0 Å². The van der Waals surface area contributed by atoms with Gasteiger partial charge in [-0.15, -0.1) is 0 Å². The van der Waals surface area contributed by atoms with E-state index >= 15 is 0 Å². The molecule has 2 amide bonds. The smallest absolute Gasteiger partial charge is 0.326 e. The highest BCUT2D eigenvalue weighted by atomic mass is 16.4. The van der Waals surface area contributed by atoms with Gasteiger partial charge in [0.05, 0.1) is 0 Å². The summed E-state index contributed by atoms with van der Waals surface area (Å²) in [5.74, 6) is -1.19. The number of hydrogen-bond donors (Lipinski definition) is 1. The molecule has 2 heterocycles. The summed E-state index contributed by atoms with van der Waals surface area (Å²) < 4.78 is 0. The number of carboxylic acids is 1. The van der Waals surface area contributed by atoms with E-state index in [1.165, 1.54) is 11.8 Å². The number of carbonyl (C=O) groups is 3.